The number of anilines is 2. The molecule has 0 aliphatic rings. The van der Waals surface area contributed by atoms with Gasteiger partial charge in [0.25, 0.3) is 0 Å². The Bertz CT molecular complexity index is 1040. The Hall–Kier alpha value is -3.35. The number of carbonyl (C=O) groups is 1. The molecule has 0 radical (unpaired) electrons. The number of carbonyl (C=O) groups excluding carboxylic acids is 1. The molecular formula is C22H25FN4O2. The molecule has 0 aliphatic carbocycles. The summed E-state index contributed by atoms with van der Waals surface area (Å²) in [5, 5.41) is 5.50. The van der Waals surface area contributed by atoms with Gasteiger partial charge in [-0.2, -0.15) is 0 Å². The zero-order chi connectivity index (χ0) is 21.1. The lowest BCUT2D eigenvalue weighted by Crippen LogP contribution is -2.20. The van der Waals surface area contributed by atoms with Gasteiger partial charge in [0.1, 0.15) is 11.6 Å². The van der Waals surface area contributed by atoms with Crippen molar-refractivity contribution in [2.45, 2.75) is 33.6 Å². The lowest BCUT2D eigenvalue weighted by molar-refractivity contribution is 0.262. The molecule has 7 heteroatoms. The van der Waals surface area contributed by atoms with Crippen LogP contribution in [0.15, 0.2) is 42.9 Å². The highest BCUT2D eigenvalue weighted by molar-refractivity contribution is 6.00. The molecule has 3 rings (SSSR count). The zero-order valence-electron chi connectivity index (χ0n) is 17.2. The van der Waals surface area contributed by atoms with Gasteiger partial charge in [-0.05, 0) is 61.2 Å². The summed E-state index contributed by atoms with van der Waals surface area (Å²) in [5.41, 5.74) is 4.07. The number of benzene rings is 2. The number of hydrogen-bond donors (Lipinski definition) is 2. The van der Waals surface area contributed by atoms with Gasteiger partial charge in [0.2, 0.25) is 0 Å². The number of halogens is 1. The molecule has 3 aromatic rings. The Labute approximate surface area is 169 Å². The number of aromatic nitrogens is 2. The highest BCUT2D eigenvalue weighted by Gasteiger charge is 2.14. The Balaban J connectivity index is 1.76. The van der Waals surface area contributed by atoms with Crippen molar-refractivity contribution in [3.63, 3.8) is 0 Å². The molecule has 0 fully saturated rings. The lowest BCUT2D eigenvalue weighted by atomic mass is 9.99. The number of hydrogen-bond acceptors (Lipinski definition) is 3. The van der Waals surface area contributed by atoms with E-state index < -0.39 is 11.8 Å². The van der Waals surface area contributed by atoms with Gasteiger partial charge in [-0.1, -0.05) is 13.8 Å². The number of urea groups is 1. The zero-order valence-corrected chi connectivity index (χ0v) is 17.2. The maximum Gasteiger partial charge on any atom is 0.323 e. The standard InChI is InChI=1S/C22H25FN4O2/c1-13(2)17-10-19(14(3)8-21(17)29-5)26-22(28)25-16-6-7-20(18(23)9-16)27-11-15(4)24-12-27/h6-13H,1-5H3,(H2,25,26,28). The van der Waals surface area contributed by atoms with Gasteiger partial charge in [0.05, 0.1) is 24.8 Å². The largest absolute Gasteiger partial charge is 0.496 e. The Morgan fingerprint density at radius 2 is 1.93 bits per heavy atom. The van der Waals surface area contributed by atoms with Crippen molar-refractivity contribution < 1.29 is 13.9 Å². The number of aryl methyl sites for hydroxylation is 2. The monoisotopic (exact) mass is 396 g/mol. The van der Waals surface area contributed by atoms with Gasteiger partial charge in [-0.15, -0.1) is 0 Å². The molecule has 152 valence electrons. The van der Waals surface area contributed by atoms with Crippen LogP contribution in [0.3, 0.4) is 0 Å². The summed E-state index contributed by atoms with van der Waals surface area (Å²) in [6, 6.07) is 7.88. The van der Waals surface area contributed by atoms with Gasteiger partial charge in [0, 0.05) is 17.6 Å². The van der Waals surface area contributed by atoms with E-state index in [-0.39, 0.29) is 5.92 Å². The average Bonchev–Trinajstić information content (AvgIpc) is 3.08. The first-order valence-corrected chi connectivity index (χ1v) is 9.35. The number of amides is 2. The van der Waals surface area contributed by atoms with Crippen molar-refractivity contribution in [3.05, 3.63) is 65.5 Å². The first-order chi connectivity index (χ1) is 13.8. The Morgan fingerprint density at radius 3 is 2.52 bits per heavy atom. The molecule has 0 atom stereocenters. The van der Waals surface area contributed by atoms with Crippen LogP contribution in [0.2, 0.25) is 0 Å². The summed E-state index contributed by atoms with van der Waals surface area (Å²) >= 11 is 0. The molecule has 0 saturated heterocycles. The summed E-state index contributed by atoms with van der Waals surface area (Å²) in [7, 11) is 1.63. The van der Waals surface area contributed by atoms with Crippen LogP contribution < -0.4 is 15.4 Å². The second-order valence-corrected chi connectivity index (χ2v) is 7.23. The van der Waals surface area contributed by atoms with Crippen molar-refractivity contribution in [2.75, 3.05) is 17.7 Å². The number of nitrogens with one attached hydrogen (secondary N) is 2. The molecule has 2 aromatic carbocycles. The smallest absolute Gasteiger partial charge is 0.323 e. The van der Waals surface area contributed by atoms with Gasteiger partial charge < -0.3 is 19.9 Å². The molecule has 0 saturated carbocycles. The fourth-order valence-corrected chi connectivity index (χ4v) is 3.09. The van der Waals surface area contributed by atoms with Crippen LogP contribution in [0.4, 0.5) is 20.6 Å². The topological polar surface area (TPSA) is 68.2 Å². The Morgan fingerprint density at radius 1 is 1.17 bits per heavy atom. The van der Waals surface area contributed by atoms with Crippen molar-refractivity contribution in [2.24, 2.45) is 0 Å². The van der Waals surface area contributed by atoms with E-state index in [4.69, 9.17) is 4.74 Å². The molecule has 0 unspecified atom stereocenters. The third-order valence-corrected chi connectivity index (χ3v) is 4.64. The summed E-state index contributed by atoms with van der Waals surface area (Å²) < 4.78 is 21.5. The predicted octanol–water partition coefficient (Wildman–Crippen LogP) is 5.40. The highest BCUT2D eigenvalue weighted by atomic mass is 19.1. The average molecular weight is 396 g/mol. The van der Waals surface area contributed by atoms with Crippen LogP contribution in [-0.2, 0) is 0 Å². The molecule has 29 heavy (non-hydrogen) atoms. The van der Waals surface area contributed by atoms with Gasteiger partial charge in [0.15, 0.2) is 0 Å². The molecule has 0 bridgehead atoms. The summed E-state index contributed by atoms with van der Waals surface area (Å²) in [4.78, 5) is 16.5. The lowest BCUT2D eigenvalue weighted by Gasteiger charge is -2.17. The number of nitrogens with zero attached hydrogens (tertiary/aromatic N) is 2. The van der Waals surface area contributed by atoms with E-state index in [1.807, 2.05) is 26.0 Å². The summed E-state index contributed by atoms with van der Waals surface area (Å²) in [6.45, 7) is 7.84. The summed E-state index contributed by atoms with van der Waals surface area (Å²) in [5.74, 6) is 0.571. The van der Waals surface area contributed by atoms with E-state index in [1.165, 1.54) is 6.07 Å². The van der Waals surface area contributed by atoms with Crippen molar-refractivity contribution in [1.29, 1.82) is 0 Å². The maximum absolute atomic E-state index is 14.5. The van der Waals surface area contributed by atoms with Crippen molar-refractivity contribution in [1.82, 2.24) is 9.55 Å². The van der Waals surface area contributed by atoms with E-state index in [1.54, 1.807) is 36.3 Å². The van der Waals surface area contributed by atoms with E-state index in [9.17, 15) is 9.18 Å². The van der Waals surface area contributed by atoms with Gasteiger partial charge in [-0.25, -0.2) is 14.2 Å². The van der Waals surface area contributed by atoms with Crippen LogP contribution in [0.25, 0.3) is 5.69 Å². The van der Waals surface area contributed by atoms with E-state index >= 15 is 0 Å². The molecule has 1 aromatic heterocycles. The first kappa shape index (κ1) is 20.4. The molecule has 0 aliphatic heterocycles. The maximum atomic E-state index is 14.5. The third-order valence-electron chi connectivity index (χ3n) is 4.64. The fraction of sp³-hybridized carbons (Fsp3) is 0.273. The van der Waals surface area contributed by atoms with Crippen LogP contribution in [0.5, 0.6) is 5.75 Å². The molecule has 2 amide bonds. The minimum absolute atomic E-state index is 0.239. The van der Waals surface area contributed by atoms with Crippen LogP contribution in [0.1, 0.15) is 36.6 Å². The van der Waals surface area contributed by atoms with E-state index in [0.29, 0.717) is 17.1 Å². The quantitative estimate of drug-likeness (QED) is 0.606. The van der Waals surface area contributed by atoms with Crippen molar-refractivity contribution >= 4 is 17.4 Å². The van der Waals surface area contributed by atoms with Crippen LogP contribution >= 0.6 is 0 Å². The number of imidazole rings is 1. The highest BCUT2D eigenvalue weighted by Crippen LogP contribution is 2.32. The minimum atomic E-state index is -0.456. The second kappa shape index (κ2) is 8.34. The third kappa shape index (κ3) is 4.56. The van der Waals surface area contributed by atoms with E-state index in [2.05, 4.69) is 29.5 Å². The Kier molecular flexibility index (Phi) is 5.87. The fourth-order valence-electron chi connectivity index (χ4n) is 3.09. The van der Waals surface area contributed by atoms with Gasteiger partial charge >= 0.3 is 6.03 Å². The molecule has 2 N–H and O–H groups in total. The van der Waals surface area contributed by atoms with Crippen LogP contribution in [-0.4, -0.2) is 22.7 Å². The van der Waals surface area contributed by atoms with Crippen LogP contribution in [0, 0.1) is 19.7 Å². The first-order valence-electron chi connectivity index (χ1n) is 9.35. The van der Waals surface area contributed by atoms with Crippen molar-refractivity contribution in [3.8, 4) is 11.4 Å². The normalized spacial score (nSPS) is 10.9. The number of methoxy groups -OCH3 is 1. The predicted molar refractivity (Wildman–Crippen MR) is 113 cm³/mol. The SMILES string of the molecule is COc1cc(C)c(NC(=O)Nc2ccc(-n3cnc(C)c3)c(F)c2)cc1C(C)C. The number of ether oxygens (including phenoxy) is 1. The van der Waals surface area contributed by atoms with Gasteiger partial charge in [-0.3, -0.25) is 0 Å². The minimum Gasteiger partial charge on any atom is -0.496 e. The molecule has 6 nitrogen and oxygen atoms in total. The second-order valence-electron chi connectivity index (χ2n) is 7.23. The molecule has 1 heterocycles. The summed E-state index contributed by atoms with van der Waals surface area (Å²) in [6.07, 6.45) is 3.28. The molecule has 0 spiro atoms. The molecular weight excluding hydrogens is 371 g/mol. The van der Waals surface area contributed by atoms with E-state index in [0.717, 1.165) is 22.6 Å². The number of rotatable bonds is 5.